The van der Waals surface area contributed by atoms with Crippen LogP contribution < -0.4 is 0 Å². The Bertz CT molecular complexity index is 533. The Balaban J connectivity index is 1.26. The summed E-state index contributed by atoms with van der Waals surface area (Å²) in [6.07, 6.45) is 24.6. The molecular formula is C30H52O3. The van der Waals surface area contributed by atoms with E-state index in [4.69, 9.17) is 14.2 Å². The average molecular weight is 461 g/mol. The molecular weight excluding hydrogens is 408 g/mol. The van der Waals surface area contributed by atoms with Gasteiger partial charge in [0, 0.05) is 13.0 Å². The minimum absolute atomic E-state index is 0.0747. The number of hydrogen-bond acceptors (Lipinski definition) is 3. The summed E-state index contributed by atoms with van der Waals surface area (Å²) >= 11 is 0. The summed E-state index contributed by atoms with van der Waals surface area (Å²) in [5.41, 5.74) is 1.20. The SMILES string of the molecule is CCCCCCCCCCCCCCCCCCOCC1CCC(OCc2ccccc2)O1. The first kappa shape index (κ1) is 28.3. The lowest BCUT2D eigenvalue weighted by Crippen LogP contribution is -2.19. The maximum Gasteiger partial charge on any atom is 0.158 e. The quantitative estimate of drug-likeness (QED) is 0.162. The van der Waals surface area contributed by atoms with Gasteiger partial charge in [-0.2, -0.15) is 0 Å². The van der Waals surface area contributed by atoms with Gasteiger partial charge in [-0.05, 0) is 18.4 Å². The minimum Gasteiger partial charge on any atom is -0.379 e. The molecule has 3 nitrogen and oxygen atoms in total. The van der Waals surface area contributed by atoms with Crippen molar-refractivity contribution in [1.29, 1.82) is 0 Å². The molecule has 0 aliphatic carbocycles. The van der Waals surface area contributed by atoms with Crippen molar-refractivity contribution in [2.24, 2.45) is 0 Å². The van der Waals surface area contributed by atoms with E-state index in [9.17, 15) is 0 Å². The molecule has 190 valence electrons. The number of unbranched alkanes of at least 4 members (excludes halogenated alkanes) is 15. The molecule has 1 aromatic carbocycles. The normalized spacial score (nSPS) is 18.2. The van der Waals surface area contributed by atoms with Crippen molar-refractivity contribution in [3.05, 3.63) is 35.9 Å². The van der Waals surface area contributed by atoms with Crippen LogP contribution >= 0.6 is 0 Å². The molecule has 2 rings (SSSR count). The Hall–Kier alpha value is -0.900. The van der Waals surface area contributed by atoms with Crippen LogP contribution in [0.25, 0.3) is 0 Å². The van der Waals surface area contributed by atoms with E-state index in [-0.39, 0.29) is 12.4 Å². The number of hydrogen-bond donors (Lipinski definition) is 0. The Morgan fingerprint density at radius 1 is 0.697 bits per heavy atom. The van der Waals surface area contributed by atoms with Crippen molar-refractivity contribution in [3.63, 3.8) is 0 Å². The van der Waals surface area contributed by atoms with Crippen molar-refractivity contribution in [3.8, 4) is 0 Å². The molecule has 2 atom stereocenters. The highest BCUT2D eigenvalue weighted by Crippen LogP contribution is 2.22. The number of rotatable bonds is 22. The molecule has 1 aromatic rings. The van der Waals surface area contributed by atoms with E-state index in [1.54, 1.807) is 0 Å². The monoisotopic (exact) mass is 460 g/mol. The van der Waals surface area contributed by atoms with Crippen molar-refractivity contribution >= 4 is 0 Å². The third-order valence-corrected chi connectivity index (χ3v) is 6.79. The fourth-order valence-electron chi connectivity index (χ4n) is 4.65. The van der Waals surface area contributed by atoms with Gasteiger partial charge in [-0.25, -0.2) is 0 Å². The van der Waals surface area contributed by atoms with Crippen LogP contribution in [0, 0.1) is 0 Å². The van der Waals surface area contributed by atoms with Crippen LogP contribution in [0.5, 0.6) is 0 Å². The number of ether oxygens (including phenoxy) is 3. The van der Waals surface area contributed by atoms with Crippen LogP contribution in [-0.2, 0) is 20.8 Å². The van der Waals surface area contributed by atoms with E-state index < -0.39 is 0 Å². The Kier molecular flexibility index (Phi) is 17.6. The van der Waals surface area contributed by atoms with Gasteiger partial charge in [-0.3, -0.25) is 0 Å². The first-order valence-corrected chi connectivity index (χ1v) is 14.3. The zero-order valence-electron chi connectivity index (χ0n) is 21.6. The second-order valence-corrected chi connectivity index (χ2v) is 9.94. The van der Waals surface area contributed by atoms with Gasteiger partial charge in [-0.1, -0.05) is 134 Å². The van der Waals surface area contributed by atoms with Crippen molar-refractivity contribution < 1.29 is 14.2 Å². The Morgan fingerprint density at radius 3 is 1.82 bits per heavy atom. The van der Waals surface area contributed by atoms with Gasteiger partial charge in [0.25, 0.3) is 0 Å². The zero-order valence-corrected chi connectivity index (χ0v) is 21.6. The van der Waals surface area contributed by atoms with Gasteiger partial charge in [0.1, 0.15) is 0 Å². The van der Waals surface area contributed by atoms with E-state index in [1.807, 2.05) is 18.2 Å². The summed E-state index contributed by atoms with van der Waals surface area (Å²) < 4.78 is 17.7. The molecule has 0 saturated carbocycles. The molecule has 0 bridgehead atoms. The third-order valence-electron chi connectivity index (χ3n) is 6.79. The van der Waals surface area contributed by atoms with Crippen LogP contribution in [0.4, 0.5) is 0 Å². The molecule has 33 heavy (non-hydrogen) atoms. The van der Waals surface area contributed by atoms with E-state index >= 15 is 0 Å². The molecule has 0 N–H and O–H groups in total. The zero-order chi connectivity index (χ0) is 23.2. The lowest BCUT2D eigenvalue weighted by atomic mass is 10.0. The standard InChI is InChI=1S/C30H52O3/c1-2-3-4-5-6-7-8-9-10-11-12-13-14-15-16-20-25-31-27-29-23-24-30(33-29)32-26-28-21-18-17-19-22-28/h17-19,21-22,29-30H,2-16,20,23-27H2,1H3. The van der Waals surface area contributed by atoms with Gasteiger partial charge in [-0.15, -0.1) is 0 Å². The second-order valence-electron chi connectivity index (χ2n) is 9.94. The highest BCUT2D eigenvalue weighted by atomic mass is 16.7. The van der Waals surface area contributed by atoms with E-state index in [2.05, 4.69) is 19.1 Å². The van der Waals surface area contributed by atoms with Crippen LogP contribution in [-0.4, -0.2) is 25.6 Å². The second kappa shape index (κ2) is 20.5. The maximum atomic E-state index is 5.97. The molecule has 1 aliphatic rings. The third kappa shape index (κ3) is 15.6. The lowest BCUT2D eigenvalue weighted by molar-refractivity contribution is -0.150. The first-order valence-electron chi connectivity index (χ1n) is 14.3. The fraction of sp³-hybridized carbons (Fsp3) is 0.800. The Labute approximate surface area is 205 Å². The molecule has 1 heterocycles. The van der Waals surface area contributed by atoms with Crippen LogP contribution in [0.15, 0.2) is 30.3 Å². The summed E-state index contributed by atoms with van der Waals surface area (Å²) in [7, 11) is 0. The summed E-state index contributed by atoms with van der Waals surface area (Å²) in [4.78, 5) is 0. The summed E-state index contributed by atoms with van der Waals surface area (Å²) in [5, 5.41) is 0. The van der Waals surface area contributed by atoms with Crippen molar-refractivity contribution in [1.82, 2.24) is 0 Å². The Morgan fingerprint density at radius 2 is 1.24 bits per heavy atom. The van der Waals surface area contributed by atoms with E-state index in [0.29, 0.717) is 13.2 Å². The van der Waals surface area contributed by atoms with E-state index in [1.165, 1.54) is 108 Å². The molecule has 2 unspecified atom stereocenters. The smallest absolute Gasteiger partial charge is 0.158 e. The van der Waals surface area contributed by atoms with Crippen LogP contribution in [0.1, 0.15) is 128 Å². The fourth-order valence-corrected chi connectivity index (χ4v) is 4.65. The van der Waals surface area contributed by atoms with E-state index in [0.717, 1.165) is 19.4 Å². The largest absolute Gasteiger partial charge is 0.379 e. The topological polar surface area (TPSA) is 27.7 Å². The molecule has 3 heteroatoms. The van der Waals surface area contributed by atoms with Gasteiger partial charge < -0.3 is 14.2 Å². The predicted molar refractivity (Wildman–Crippen MR) is 139 cm³/mol. The summed E-state index contributed by atoms with van der Waals surface area (Å²) in [6, 6.07) is 10.3. The summed E-state index contributed by atoms with van der Waals surface area (Å²) in [5.74, 6) is 0. The summed E-state index contributed by atoms with van der Waals surface area (Å²) in [6.45, 7) is 4.50. The molecule has 0 aromatic heterocycles. The van der Waals surface area contributed by atoms with Gasteiger partial charge in [0.15, 0.2) is 6.29 Å². The highest BCUT2D eigenvalue weighted by Gasteiger charge is 2.25. The van der Waals surface area contributed by atoms with Gasteiger partial charge in [0.2, 0.25) is 0 Å². The number of benzene rings is 1. The van der Waals surface area contributed by atoms with Crippen molar-refractivity contribution in [2.45, 2.75) is 141 Å². The van der Waals surface area contributed by atoms with Crippen molar-refractivity contribution in [2.75, 3.05) is 13.2 Å². The first-order chi connectivity index (χ1) is 16.4. The molecule has 0 spiro atoms. The average Bonchev–Trinajstić information content (AvgIpc) is 3.30. The molecule has 1 fully saturated rings. The molecule has 0 amide bonds. The molecule has 1 saturated heterocycles. The predicted octanol–water partition coefficient (Wildman–Crippen LogP) is 8.99. The van der Waals surface area contributed by atoms with Gasteiger partial charge >= 0.3 is 0 Å². The lowest BCUT2D eigenvalue weighted by Gasteiger charge is -2.14. The molecule has 0 radical (unpaired) electrons. The van der Waals surface area contributed by atoms with Crippen LogP contribution in [0.3, 0.4) is 0 Å². The molecule has 1 aliphatic heterocycles. The highest BCUT2D eigenvalue weighted by molar-refractivity contribution is 5.13. The minimum atomic E-state index is -0.0747. The van der Waals surface area contributed by atoms with Crippen LogP contribution in [0.2, 0.25) is 0 Å². The maximum absolute atomic E-state index is 5.97. The van der Waals surface area contributed by atoms with Gasteiger partial charge in [0.05, 0.1) is 19.3 Å².